The summed E-state index contributed by atoms with van der Waals surface area (Å²) >= 11 is 0. The Morgan fingerprint density at radius 3 is 2.47 bits per heavy atom. The van der Waals surface area contributed by atoms with Crippen LogP contribution in [0.15, 0.2) is 6.20 Å². The maximum atomic E-state index is 11.8. The molecule has 17 heavy (non-hydrogen) atoms. The number of H-pyrrole nitrogens is 1. The van der Waals surface area contributed by atoms with Crippen molar-refractivity contribution in [2.75, 3.05) is 12.3 Å². The minimum atomic E-state index is -0.158. The molecule has 0 atom stereocenters. The minimum absolute atomic E-state index is 0.158. The monoisotopic (exact) mass is 236 g/mol. The molecule has 1 aromatic rings. The van der Waals surface area contributed by atoms with Crippen LogP contribution in [-0.2, 0) is 0 Å². The fourth-order valence-corrected chi connectivity index (χ4v) is 2.61. The van der Waals surface area contributed by atoms with Crippen molar-refractivity contribution in [2.24, 2.45) is 16.7 Å². The number of amides is 1. The highest BCUT2D eigenvalue weighted by Gasteiger charge is 2.64. The highest BCUT2D eigenvalue weighted by atomic mass is 16.1. The highest BCUT2D eigenvalue weighted by Crippen LogP contribution is 2.67. The van der Waals surface area contributed by atoms with Gasteiger partial charge in [0.1, 0.15) is 11.4 Å². The standard InChI is InChI=1S/C12H20N4O/c1-11(2)8(12(11,3)4)6-14-10(17)7-5-15-16-9(7)13/h5,8H,6H2,1-4H3,(H,14,17)(H3,13,15,16). The van der Waals surface area contributed by atoms with Crippen LogP contribution in [0.2, 0.25) is 0 Å². The Labute approximate surface area is 101 Å². The fraction of sp³-hybridized carbons (Fsp3) is 0.667. The van der Waals surface area contributed by atoms with E-state index >= 15 is 0 Å². The molecule has 0 aromatic carbocycles. The molecule has 1 amide bonds. The van der Waals surface area contributed by atoms with Gasteiger partial charge >= 0.3 is 0 Å². The summed E-state index contributed by atoms with van der Waals surface area (Å²) in [4.78, 5) is 11.8. The number of aromatic nitrogens is 2. The lowest BCUT2D eigenvalue weighted by molar-refractivity contribution is 0.0951. The molecule has 0 aliphatic heterocycles. The van der Waals surface area contributed by atoms with Crippen molar-refractivity contribution in [1.82, 2.24) is 15.5 Å². The van der Waals surface area contributed by atoms with E-state index in [4.69, 9.17) is 5.73 Å². The number of carbonyl (C=O) groups excluding carboxylic acids is 1. The van der Waals surface area contributed by atoms with Crippen LogP contribution in [0.3, 0.4) is 0 Å². The molecule has 0 saturated heterocycles. The van der Waals surface area contributed by atoms with E-state index in [1.54, 1.807) is 0 Å². The van der Waals surface area contributed by atoms with E-state index in [1.807, 2.05) is 0 Å². The zero-order valence-electron chi connectivity index (χ0n) is 10.8. The van der Waals surface area contributed by atoms with Crippen LogP contribution in [0.5, 0.6) is 0 Å². The molecule has 0 radical (unpaired) electrons. The molecule has 1 fully saturated rings. The summed E-state index contributed by atoms with van der Waals surface area (Å²) in [5.74, 6) is 0.665. The van der Waals surface area contributed by atoms with Gasteiger partial charge in [-0.2, -0.15) is 5.10 Å². The van der Waals surface area contributed by atoms with Gasteiger partial charge in [0.25, 0.3) is 5.91 Å². The normalized spacial score (nSPS) is 21.2. The largest absolute Gasteiger partial charge is 0.383 e. The minimum Gasteiger partial charge on any atom is -0.383 e. The van der Waals surface area contributed by atoms with Crippen molar-refractivity contribution < 1.29 is 4.79 Å². The average molecular weight is 236 g/mol. The van der Waals surface area contributed by atoms with Gasteiger partial charge in [0.2, 0.25) is 0 Å². The van der Waals surface area contributed by atoms with Crippen LogP contribution in [0.4, 0.5) is 5.82 Å². The zero-order valence-corrected chi connectivity index (χ0v) is 10.8. The molecule has 5 heteroatoms. The predicted octanol–water partition coefficient (Wildman–Crippen LogP) is 1.40. The summed E-state index contributed by atoms with van der Waals surface area (Å²) in [7, 11) is 0. The second kappa shape index (κ2) is 3.48. The van der Waals surface area contributed by atoms with Crippen LogP contribution in [0.25, 0.3) is 0 Å². The van der Waals surface area contributed by atoms with Gasteiger partial charge in [-0.1, -0.05) is 27.7 Å². The van der Waals surface area contributed by atoms with Gasteiger partial charge in [-0.25, -0.2) is 0 Å². The number of hydrogen-bond donors (Lipinski definition) is 3. The Bertz CT molecular complexity index is 433. The molecule has 1 aliphatic rings. The summed E-state index contributed by atoms with van der Waals surface area (Å²) < 4.78 is 0. The van der Waals surface area contributed by atoms with E-state index in [1.165, 1.54) is 6.20 Å². The number of nitrogens with two attached hydrogens (primary N) is 1. The number of hydrogen-bond acceptors (Lipinski definition) is 3. The number of anilines is 1. The number of nitrogens with zero attached hydrogens (tertiary/aromatic N) is 1. The van der Waals surface area contributed by atoms with Gasteiger partial charge in [-0.15, -0.1) is 0 Å². The van der Waals surface area contributed by atoms with Crippen LogP contribution < -0.4 is 11.1 Å². The molecule has 1 saturated carbocycles. The Morgan fingerprint density at radius 1 is 1.47 bits per heavy atom. The Morgan fingerprint density at radius 2 is 2.06 bits per heavy atom. The lowest BCUT2D eigenvalue weighted by Gasteiger charge is -2.05. The number of carbonyl (C=O) groups is 1. The summed E-state index contributed by atoms with van der Waals surface area (Å²) in [5.41, 5.74) is 6.57. The second-order valence-electron chi connectivity index (χ2n) is 5.90. The molecule has 0 bridgehead atoms. The summed E-state index contributed by atoms with van der Waals surface area (Å²) in [6.07, 6.45) is 1.45. The van der Waals surface area contributed by atoms with E-state index in [0.29, 0.717) is 23.8 Å². The fourth-order valence-electron chi connectivity index (χ4n) is 2.61. The molecule has 1 aromatic heterocycles. The van der Waals surface area contributed by atoms with E-state index in [2.05, 4.69) is 43.2 Å². The third kappa shape index (κ3) is 1.69. The zero-order chi connectivity index (χ0) is 12.8. The summed E-state index contributed by atoms with van der Waals surface area (Å²) in [5, 5.41) is 9.20. The Balaban J connectivity index is 1.93. The van der Waals surface area contributed by atoms with Crippen molar-refractivity contribution in [1.29, 1.82) is 0 Å². The van der Waals surface area contributed by atoms with Crippen molar-refractivity contribution in [3.8, 4) is 0 Å². The van der Waals surface area contributed by atoms with Crippen LogP contribution in [0, 0.1) is 16.7 Å². The quantitative estimate of drug-likeness (QED) is 0.741. The second-order valence-corrected chi connectivity index (χ2v) is 5.90. The van der Waals surface area contributed by atoms with Gasteiger partial charge in [-0.3, -0.25) is 9.89 Å². The topological polar surface area (TPSA) is 83.8 Å². The van der Waals surface area contributed by atoms with Crippen molar-refractivity contribution in [3.63, 3.8) is 0 Å². The molecular weight excluding hydrogens is 216 g/mol. The Hall–Kier alpha value is -1.52. The van der Waals surface area contributed by atoms with Crippen LogP contribution in [0.1, 0.15) is 38.1 Å². The molecule has 5 nitrogen and oxygen atoms in total. The third-order valence-electron chi connectivity index (χ3n) is 4.70. The first-order valence-electron chi connectivity index (χ1n) is 5.85. The van der Waals surface area contributed by atoms with E-state index in [-0.39, 0.29) is 16.7 Å². The molecule has 4 N–H and O–H groups in total. The van der Waals surface area contributed by atoms with Crippen molar-refractivity contribution in [2.45, 2.75) is 27.7 Å². The maximum absolute atomic E-state index is 11.8. The number of nitrogen functional groups attached to an aromatic ring is 1. The summed E-state index contributed by atoms with van der Waals surface area (Å²) in [6, 6.07) is 0. The van der Waals surface area contributed by atoms with Gasteiger partial charge in [-0.05, 0) is 16.7 Å². The number of nitrogens with one attached hydrogen (secondary N) is 2. The molecular formula is C12H20N4O. The highest BCUT2D eigenvalue weighted by molar-refractivity contribution is 5.98. The summed E-state index contributed by atoms with van der Waals surface area (Å²) in [6.45, 7) is 9.61. The van der Waals surface area contributed by atoms with Gasteiger partial charge in [0, 0.05) is 6.54 Å². The molecule has 2 rings (SSSR count). The smallest absolute Gasteiger partial charge is 0.256 e. The van der Waals surface area contributed by atoms with Crippen molar-refractivity contribution >= 4 is 11.7 Å². The lowest BCUT2D eigenvalue weighted by Crippen LogP contribution is -2.27. The number of aromatic amines is 1. The van der Waals surface area contributed by atoms with Gasteiger partial charge in [0.05, 0.1) is 6.20 Å². The first-order valence-corrected chi connectivity index (χ1v) is 5.85. The number of rotatable bonds is 3. The SMILES string of the molecule is CC1(C)C(CNC(=O)c2cn[nH]c2N)C1(C)C. The third-order valence-corrected chi connectivity index (χ3v) is 4.70. The molecule has 1 aliphatic carbocycles. The molecule has 0 spiro atoms. The molecule has 94 valence electrons. The predicted molar refractivity (Wildman–Crippen MR) is 66.4 cm³/mol. The average Bonchev–Trinajstić information content (AvgIpc) is 2.55. The first kappa shape index (κ1) is 12.0. The van der Waals surface area contributed by atoms with Crippen LogP contribution >= 0.6 is 0 Å². The van der Waals surface area contributed by atoms with Crippen LogP contribution in [-0.4, -0.2) is 22.6 Å². The molecule has 1 heterocycles. The lowest BCUT2D eigenvalue weighted by atomic mass is 10.0. The van der Waals surface area contributed by atoms with Gasteiger partial charge in [0.15, 0.2) is 0 Å². The molecule has 0 unspecified atom stereocenters. The van der Waals surface area contributed by atoms with Crippen molar-refractivity contribution in [3.05, 3.63) is 11.8 Å². The van der Waals surface area contributed by atoms with Gasteiger partial charge < -0.3 is 11.1 Å². The maximum Gasteiger partial charge on any atom is 0.256 e. The van der Waals surface area contributed by atoms with E-state index in [9.17, 15) is 4.79 Å². The first-order chi connectivity index (χ1) is 7.78. The van der Waals surface area contributed by atoms with E-state index in [0.717, 1.165) is 0 Å². The Kier molecular flexibility index (Phi) is 2.45. The van der Waals surface area contributed by atoms with E-state index < -0.39 is 0 Å².